The van der Waals surface area contributed by atoms with Crippen molar-refractivity contribution in [3.63, 3.8) is 0 Å². The molecule has 0 amide bonds. The van der Waals surface area contributed by atoms with Crippen LogP contribution >= 0.6 is 11.8 Å². The van der Waals surface area contributed by atoms with Gasteiger partial charge >= 0.3 is 5.82 Å². The van der Waals surface area contributed by atoms with E-state index < -0.39 is 0 Å². The number of benzene rings is 2. The van der Waals surface area contributed by atoms with Gasteiger partial charge in [-0.15, -0.1) is 11.8 Å². The van der Waals surface area contributed by atoms with Gasteiger partial charge in [0, 0.05) is 27.0 Å². The number of nitrogens with zero attached hydrogens (tertiary/aromatic N) is 4. The van der Waals surface area contributed by atoms with Crippen molar-refractivity contribution in [2.24, 2.45) is 0 Å². The molecule has 6 nitrogen and oxygen atoms in total. The lowest BCUT2D eigenvalue weighted by atomic mass is 10.1. The molecule has 0 aliphatic carbocycles. The molecule has 0 saturated carbocycles. The summed E-state index contributed by atoms with van der Waals surface area (Å²) in [5.41, 5.74) is 9.05. The molecule has 0 fully saturated rings. The summed E-state index contributed by atoms with van der Waals surface area (Å²) < 4.78 is 0.730. The molecule has 0 saturated heterocycles. The molecular formula is C22H26N5OS+. The highest BCUT2D eigenvalue weighted by atomic mass is 32.2. The van der Waals surface area contributed by atoms with Crippen LogP contribution in [0.15, 0.2) is 59.6 Å². The van der Waals surface area contributed by atoms with Gasteiger partial charge in [0.05, 0.1) is 6.20 Å². The van der Waals surface area contributed by atoms with Crippen LogP contribution < -0.4 is 10.5 Å². The van der Waals surface area contributed by atoms with Crippen molar-refractivity contribution in [1.29, 1.82) is 0 Å². The van der Waals surface area contributed by atoms with Crippen molar-refractivity contribution in [3.8, 4) is 11.3 Å². The third-order valence-electron chi connectivity index (χ3n) is 4.17. The topological polar surface area (TPSA) is 75.1 Å². The Balaban J connectivity index is 1.86. The van der Waals surface area contributed by atoms with E-state index in [9.17, 15) is 4.91 Å². The quantitative estimate of drug-likeness (QED) is 0.443. The molecule has 3 rings (SSSR count). The number of aromatic nitrogens is 2. The van der Waals surface area contributed by atoms with Crippen LogP contribution in [0.4, 0.5) is 17.3 Å². The number of nitroso groups, excluding NO2 is 1. The van der Waals surface area contributed by atoms with E-state index in [1.807, 2.05) is 38.4 Å². The third-order valence-corrected chi connectivity index (χ3v) is 5.18. The highest BCUT2D eigenvalue weighted by Crippen LogP contribution is 2.29. The maximum absolute atomic E-state index is 12.9. The van der Waals surface area contributed by atoms with Gasteiger partial charge in [-0.3, -0.25) is 0 Å². The second-order valence-electron chi connectivity index (χ2n) is 7.35. The van der Waals surface area contributed by atoms with Crippen molar-refractivity contribution in [2.45, 2.75) is 30.5 Å². The van der Waals surface area contributed by atoms with Crippen LogP contribution in [0.1, 0.15) is 19.4 Å². The lowest BCUT2D eigenvalue weighted by molar-refractivity contribution is 0.402. The lowest BCUT2D eigenvalue weighted by Crippen LogP contribution is -2.11. The second kappa shape index (κ2) is 9.15. The SMILES string of the molecule is CC(C)Sc1ccc(-c2cnc(N)c([N+](=O)c3ccc(CN(C)C)cc3)n2)cc1. The summed E-state index contributed by atoms with van der Waals surface area (Å²) >= 11 is 1.80. The maximum atomic E-state index is 12.9. The number of nitrogen functional groups attached to an aromatic ring is 1. The molecule has 7 heteroatoms. The highest BCUT2D eigenvalue weighted by molar-refractivity contribution is 7.99. The van der Waals surface area contributed by atoms with E-state index in [-0.39, 0.29) is 11.6 Å². The summed E-state index contributed by atoms with van der Waals surface area (Å²) in [5, 5.41) is 0.516. The Labute approximate surface area is 175 Å². The normalized spacial score (nSPS) is 11.2. The molecule has 0 unspecified atom stereocenters. The molecule has 3 aromatic rings. The van der Waals surface area contributed by atoms with Crippen LogP contribution in [-0.2, 0) is 6.54 Å². The van der Waals surface area contributed by atoms with Gasteiger partial charge in [-0.2, -0.15) is 0 Å². The summed E-state index contributed by atoms with van der Waals surface area (Å²) in [5.74, 6) is 0.205. The van der Waals surface area contributed by atoms with Crippen LogP contribution in [0.5, 0.6) is 0 Å². The molecule has 29 heavy (non-hydrogen) atoms. The van der Waals surface area contributed by atoms with E-state index in [0.717, 1.165) is 22.4 Å². The van der Waals surface area contributed by atoms with Gasteiger partial charge in [-0.05, 0) is 61.0 Å². The van der Waals surface area contributed by atoms with E-state index in [2.05, 4.69) is 40.8 Å². The van der Waals surface area contributed by atoms with Crippen molar-refractivity contribution in [1.82, 2.24) is 19.6 Å². The molecule has 0 radical (unpaired) electrons. The minimum absolute atomic E-state index is 0.100. The van der Waals surface area contributed by atoms with E-state index in [1.165, 1.54) is 4.90 Å². The summed E-state index contributed by atoms with van der Waals surface area (Å²) in [7, 11) is 4.01. The Morgan fingerprint density at radius 3 is 2.31 bits per heavy atom. The predicted molar refractivity (Wildman–Crippen MR) is 122 cm³/mol. The van der Waals surface area contributed by atoms with Gasteiger partial charge in [0.25, 0.3) is 0 Å². The Kier molecular flexibility index (Phi) is 6.61. The minimum Gasteiger partial charge on any atom is -0.377 e. The zero-order valence-electron chi connectivity index (χ0n) is 17.2. The summed E-state index contributed by atoms with van der Waals surface area (Å²) in [4.78, 5) is 24.8. The Morgan fingerprint density at radius 2 is 1.72 bits per heavy atom. The Hall–Kier alpha value is -2.77. The van der Waals surface area contributed by atoms with Crippen LogP contribution in [0.25, 0.3) is 11.3 Å². The monoisotopic (exact) mass is 408 g/mol. The number of hydrogen-bond donors (Lipinski definition) is 1. The van der Waals surface area contributed by atoms with E-state index in [0.29, 0.717) is 16.6 Å². The zero-order valence-corrected chi connectivity index (χ0v) is 18.0. The predicted octanol–water partition coefficient (Wildman–Crippen LogP) is 4.89. The Morgan fingerprint density at radius 1 is 1.07 bits per heavy atom. The van der Waals surface area contributed by atoms with Crippen LogP contribution in [0.3, 0.4) is 0 Å². The fourth-order valence-corrected chi connectivity index (χ4v) is 3.72. The fraction of sp³-hybridized carbons (Fsp3) is 0.273. The molecule has 0 spiro atoms. The zero-order chi connectivity index (χ0) is 21.0. The molecule has 0 bridgehead atoms. The molecule has 2 N–H and O–H groups in total. The van der Waals surface area contributed by atoms with Crippen LogP contribution in [-0.4, -0.2) is 34.2 Å². The molecule has 150 valence electrons. The molecule has 0 aliphatic rings. The summed E-state index contributed by atoms with van der Waals surface area (Å²) in [6.07, 6.45) is 1.59. The molecule has 1 aromatic heterocycles. The summed E-state index contributed by atoms with van der Waals surface area (Å²) in [6.45, 7) is 5.13. The third kappa shape index (κ3) is 5.40. The number of hydrogen-bond acceptors (Lipinski definition) is 6. The van der Waals surface area contributed by atoms with Gasteiger partial charge in [-0.25, -0.2) is 4.98 Å². The molecule has 0 aliphatic heterocycles. The van der Waals surface area contributed by atoms with Crippen molar-refractivity contribution in [2.75, 3.05) is 19.8 Å². The van der Waals surface area contributed by atoms with Crippen molar-refractivity contribution in [3.05, 3.63) is 65.2 Å². The van der Waals surface area contributed by atoms with Crippen molar-refractivity contribution >= 4 is 29.1 Å². The van der Waals surface area contributed by atoms with Gasteiger partial charge in [0.15, 0.2) is 5.69 Å². The largest absolute Gasteiger partial charge is 0.410 e. The number of nitrogens with two attached hydrogens (primary N) is 1. The van der Waals surface area contributed by atoms with Gasteiger partial charge in [0.2, 0.25) is 11.5 Å². The first kappa shape index (κ1) is 21.0. The number of thioether (sulfide) groups is 1. The Bertz CT molecular complexity index is 985. The minimum atomic E-state index is 0.100. The first-order valence-corrected chi connectivity index (χ1v) is 10.3. The highest BCUT2D eigenvalue weighted by Gasteiger charge is 2.24. The molecule has 2 aromatic carbocycles. The average Bonchev–Trinajstić information content (AvgIpc) is 2.68. The first-order chi connectivity index (χ1) is 13.8. The van der Waals surface area contributed by atoms with Gasteiger partial charge < -0.3 is 10.6 Å². The fourth-order valence-electron chi connectivity index (χ4n) is 2.88. The molecule has 0 atom stereocenters. The summed E-state index contributed by atoms with van der Waals surface area (Å²) in [6, 6.07) is 15.5. The van der Waals surface area contributed by atoms with E-state index in [4.69, 9.17) is 5.73 Å². The number of rotatable bonds is 7. The molecular weight excluding hydrogens is 382 g/mol. The van der Waals surface area contributed by atoms with E-state index >= 15 is 0 Å². The first-order valence-electron chi connectivity index (χ1n) is 9.44. The van der Waals surface area contributed by atoms with Crippen molar-refractivity contribution < 1.29 is 0 Å². The van der Waals surface area contributed by atoms with E-state index in [1.54, 1.807) is 30.1 Å². The van der Waals surface area contributed by atoms with Crippen LogP contribution in [0.2, 0.25) is 0 Å². The van der Waals surface area contributed by atoms with Crippen LogP contribution in [0, 0.1) is 4.91 Å². The van der Waals surface area contributed by atoms with Gasteiger partial charge in [-0.1, -0.05) is 30.9 Å². The lowest BCUT2D eigenvalue weighted by Gasteiger charge is -2.09. The van der Waals surface area contributed by atoms with Gasteiger partial charge in [0.1, 0.15) is 0 Å². The number of anilines is 1. The average molecular weight is 409 g/mol. The second-order valence-corrected chi connectivity index (χ2v) is 9.00. The molecule has 1 heterocycles. The standard InChI is InChI=1S/C22H26N5OS/c1-15(2)29-19-11-7-17(8-12-19)20-13-24-21(23)22(25-20)27(28)18-9-5-16(6-10-18)14-26(3)4/h5-13,15H,14H2,1-4H3,(H2,23,24)/q+1. The smallest absolute Gasteiger partial charge is 0.377 e. The maximum Gasteiger partial charge on any atom is 0.410 e.